The first-order valence-corrected chi connectivity index (χ1v) is 6.45. The summed E-state index contributed by atoms with van der Waals surface area (Å²) in [7, 11) is 1.68. The molecule has 2 heterocycles. The van der Waals surface area contributed by atoms with Crippen LogP contribution < -0.4 is 5.56 Å². The molecule has 5 nitrogen and oxygen atoms in total. The number of aromatic amines is 1. The molecule has 0 aromatic carbocycles. The van der Waals surface area contributed by atoms with E-state index in [0.29, 0.717) is 5.56 Å². The number of hydrogen-bond donors (Lipinski definition) is 1. The average molecular weight is 292 g/mol. The highest BCUT2D eigenvalue weighted by molar-refractivity contribution is 6.30. The second kappa shape index (κ2) is 5.88. The number of amides is 1. The number of carbonyl (C=O) groups is 1. The fraction of sp³-hybridized carbons (Fsp3) is 0.214. The van der Waals surface area contributed by atoms with Crippen LogP contribution in [-0.4, -0.2) is 27.8 Å². The lowest BCUT2D eigenvalue weighted by Gasteiger charge is -2.24. The largest absolute Gasteiger partial charge is 0.333 e. The van der Waals surface area contributed by atoms with E-state index in [1.807, 2.05) is 25.1 Å². The van der Waals surface area contributed by atoms with E-state index in [4.69, 9.17) is 11.6 Å². The number of aromatic nitrogens is 2. The monoisotopic (exact) mass is 291 g/mol. The molecule has 0 saturated heterocycles. The van der Waals surface area contributed by atoms with Crippen molar-refractivity contribution in [3.05, 3.63) is 63.3 Å². The summed E-state index contributed by atoms with van der Waals surface area (Å²) in [5, 5.41) is -0.00487. The van der Waals surface area contributed by atoms with Gasteiger partial charge in [-0.1, -0.05) is 17.7 Å². The van der Waals surface area contributed by atoms with E-state index in [-0.39, 0.29) is 17.0 Å². The summed E-state index contributed by atoms with van der Waals surface area (Å²) in [6.07, 6.45) is 3.04. The summed E-state index contributed by atoms with van der Waals surface area (Å²) in [5.41, 5.74) is 0.711. The van der Waals surface area contributed by atoms with E-state index in [1.54, 1.807) is 18.1 Å². The van der Waals surface area contributed by atoms with Crippen molar-refractivity contribution in [3.63, 3.8) is 0 Å². The van der Waals surface area contributed by atoms with E-state index >= 15 is 0 Å². The maximum absolute atomic E-state index is 12.3. The van der Waals surface area contributed by atoms with Gasteiger partial charge in [-0.15, -0.1) is 0 Å². The van der Waals surface area contributed by atoms with Crippen molar-refractivity contribution in [1.82, 2.24) is 14.9 Å². The van der Waals surface area contributed by atoms with Crippen LogP contribution in [0.25, 0.3) is 0 Å². The van der Waals surface area contributed by atoms with Crippen molar-refractivity contribution in [2.24, 2.45) is 0 Å². The highest BCUT2D eigenvalue weighted by atomic mass is 35.5. The van der Waals surface area contributed by atoms with Crippen LogP contribution in [0.3, 0.4) is 0 Å². The summed E-state index contributed by atoms with van der Waals surface area (Å²) in [6, 6.07) is 6.72. The van der Waals surface area contributed by atoms with Gasteiger partial charge in [-0.05, 0) is 25.1 Å². The molecule has 104 valence electrons. The Bertz CT molecular complexity index is 670. The fourth-order valence-corrected chi connectivity index (χ4v) is 1.95. The third-order valence-electron chi connectivity index (χ3n) is 3.12. The molecule has 2 rings (SSSR count). The standard InChI is InChI=1S/C14H14ClN3O2/c1-9(12-5-3-4-6-16-12)18(2)14(20)10-7-11(15)13(19)17-8-10/h3-9H,1-2H3,(H,17,19). The Morgan fingerprint density at radius 3 is 2.80 bits per heavy atom. The van der Waals surface area contributed by atoms with Crippen molar-refractivity contribution in [3.8, 4) is 0 Å². The molecule has 0 aliphatic rings. The molecule has 1 amide bonds. The quantitative estimate of drug-likeness (QED) is 0.943. The van der Waals surface area contributed by atoms with Crippen molar-refractivity contribution < 1.29 is 4.79 Å². The van der Waals surface area contributed by atoms with Crippen molar-refractivity contribution in [1.29, 1.82) is 0 Å². The average Bonchev–Trinajstić information content (AvgIpc) is 2.48. The molecule has 0 spiro atoms. The molecule has 0 aliphatic carbocycles. The minimum Gasteiger partial charge on any atom is -0.333 e. The Kier molecular flexibility index (Phi) is 4.20. The number of pyridine rings is 2. The number of carbonyl (C=O) groups excluding carboxylic acids is 1. The molecule has 2 aromatic rings. The smallest absolute Gasteiger partial charge is 0.266 e. The van der Waals surface area contributed by atoms with Crippen molar-refractivity contribution in [2.75, 3.05) is 7.05 Å². The molecule has 1 N–H and O–H groups in total. The van der Waals surface area contributed by atoms with Crippen LogP contribution in [0.1, 0.15) is 29.0 Å². The molecule has 0 bridgehead atoms. The van der Waals surface area contributed by atoms with Gasteiger partial charge in [0, 0.05) is 19.4 Å². The lowest BCUT2D eigenvalue weighted by atomic mass is 10.1. The zero-order valence-electron chi connectivity index (χ0n) is 11.1. The number of hydrogen-bond acceptors (Lipinski definition) is 3. The van der Waals surface area contributed by atoms with Gasteiger partial charge in [-0.2, -0.15) is 0 Å². The van der Waals surface area contributed by atoms with Gasteiger partial charge in [-0.3, -0.25) is 14.6 Å². The molecule has 0 saturated carbocycles. The number of nitrogens with zero attached hydrogens (tertiary/aromatic N) is 2. The number of rotatable bonds is 3. The SMILES string of the molecule is CC(c1ccccn1)N(C)C(=O)c1c[nH]c(=O)c(Cl)c1. The van der Waals surface area contributed by atoms with E-state index in [1.165, 1.54) is 12.3 Å². The Hall–Kier alpha value is -2.14. The van der Waals surface area contributed by atoms with Gasteiger partial charge in [-0.25, -0.2) is 0 Å². The molecule has 20 heavy (non-hydrogen) atoms. The third kappa shape index (κ3) is 2.88. The summed E-state index contributed by atoms with van der Waals surface area (Å²) >= 11 is 5.73. The molecule has 0 fully saturated rings. The number of H-pyrrole nitrogens is 1. The normalized spacial score (nSPS) is 11.9. The molecule has 1 unspecified atom stereocenters. The second-order valence-electron chi connectivity index (χ2n) is 4.41. The van der Waals surface area contributed by atoms with Crippen molar-refractivity contribution >= 4 is 17.5 Å². The minimum absolute atomic E-state index is 0.00487. The first kappa shape index (κ1) is 14.3. The van der Waals surface area contributed by atoms with Crippen LogP contribution in [0.4, 0.5) is 0 Å². The van der Waals surface area contributed by atoms with Crippen molar-refractivity contribution in [2.45, 2.75) is 13.0 Å². The summed E-state index contributed by atoms with van der Waals surface area (Å²) in [5.74, 6) is -0.235. The van der Waals surface area contributed by atoms with Gasteiger partial charge in [0.05, 0.1) is 17.3 Å². The van der Waals surface area contributed by atoms with Gasteiger partial charge in [0.2, 0.25) is 0 Å². The number of halogens is 1. The van der Waals surface area contributed by atoms with Crippen LogP contribution in [0, 0.1) is 0 Å². The number of nitrogens with one attached hydrogen (secondary N) is 1. The highest BCUT2D eigenvalue weighted by Crippen LogP contribution is 2.18. The first-order chi connectivity index (χ1) is 9.50. The predicted octanol–water partition coefficient (Wildman–Crippen LogP) is 2.26. The lowest BCUT2D eigenvalue weighted by Crippen LogP contribution is -2.30. The Morgan fingerprint density at radius 1 is 1.45 bits per heavy atom. The molecular weight excluding hydrogens is 278 g/mol. The Labute approximate surface area is 121 Å². The summed E-state index contributed by atoms with van der Waals surface area (Å²) < 4.78 is 0. The Balaban J connectivity index is 2.24. The zero-order valence-corrected chi connectivity index (χ0v) is 11.9. The van der Waals surface area contributed by atoms with Crippen LogP contribution in [0.15, 0.2) is 41.5 Å². The predicted molar refractivity (Wildman–Crippen MR) is 76.8 cm³/mol. The van der Waals surface area contributed by atoms with Gasteiger partial charge >= 0.3 is 0 Å². The zero-order chi connectivity index (χ0) is 14.7. The van der Waals surface area contributed by atoms with Crippen LogP contribution in [0.5, 0.6) is 0 Å². The van der Waals surface area contributed by atoms with Crippen LogP contribution in [-0.2, 0) is 0 Å². The summed E-state index contributed by atoms with van der Waals surface area (Å²) in [6.45, 7) is 1.88. The van der Waals surface area contributed by atoms with Gasteiger partial charge in [0.25, 0.3) is 11.5 Å². The maximum Gasteiger partial charge on any atom is 0.266 e. The lowest BCUT2D eigenvalue weighted by molar-refractivity contribution is 0.0739. The molecule has 6 heteroatoms. The van der Waals surface area contributed by atoms with E-state index in [9.17, 15) is 9.59 Å². The summed E-state index contributed by atoms with van der Waals surface area (Å²) in [4.78, 5) is 31.7. The molecular formula is C14H14ClN3O2. The van der Waals surface area contributed by atoms with E-state index in [0.717, 1.165) is 5.69 Å². The van der Waals surface area contributed by atoms with E-state index in [2.05, 4.69) is 9.97 Å². The molecule has 2 aromatic heterocycles. The van der Waals surface area contributed by atoms with Gasteiger partial charge in [0.1, 0.15) is 5.02 Å². The molecule has 0 aliphatic heterocycles. The topological polar surface area (TPSA) is 66.1 Å². The highest BCUT2D eigenvalue weighted by Gasteiger charge is 2.20. The molecule has 1 atom stereocenters. The third-order valence-corrected chi connectivity index (χ3v) is 3.40. The van der Waals surface area contributed by atoms with Crippen LogP contribution >= 0.6 is 11.6 Å². The van der Waals surface area contributed by atoms with Crippen LogP contribution in [0.2, 0.25) is 5.02 Å². The van der Waals surface area contributed by atoms with E-state index < -0.39 is 5.56 Å². The van der Waals surface area contributed by atoms with Gasteiger partial charge in [0.15, 0.2) is 0 Å². The van der Waals surface area contributed by atoms with Gasteiger partial charge < -0.3 is 9.88 Å². The second-order valence-corrected chi connectivity index (χ2v) is 4.82. The maximum atomic E-state index is 12.3. The fourth-order valence-electron chi connectivity index (χ4n) is 1.78. The first-order valence-electron chi connectivity index (χ1n) is 6.07. The minimum atomic E-state index is -0.413. The molecule has 0 radical (unpaired) electrons. The Morgan fingerprint density at radius 2 is 2.20 bits per heavy atom.